The Morgan fingerprint density at radius 1 is 1.37 bits per heavy atom. The van der Waals surface area contributed by atoms with Crippen LogP contribution in [0.5, 0.6) is 0 Å². The van der Waals surface area contributed by atoms with Crippen LogP contribution in [-0.4, -0.2) is 10.2 Å². The molecule has 0 amide bonds. The number of halogens is 1. The number of nitrogens with two attached hydrogens (primary N) is 1. The summed E-state index contributed by atoms with van der Waals surface area (Å²) in [6, 6.07) is 9.90. The van der Waals surface area contributed by atoms with Crippen molar-refractivity contribution in [1.82, 2.24) is 4.98 Å². The Bertz CT molecular complexity index is 636. The van der Waals surface area contributed by atoms with E-state index in [2.05, 4.69) is 11.1 Å². The minimum atomic E-state index is 0. The maximum absolute atomic E-state index is 8.81. The van der Waals surface area contributed by atoms with Gasteiger partial charge in [-0.25, -0.2) is 0 Å². The normalized spacial score (nSPS) is 9.63. The lowest BCUT2D eigenvalue weighted by atomic mass is 10.0. The van der Waals surface area contributed by atoms with E-state index in [9.17, 15) is 0 Å². The summed E-state index contributed by atoms with van der Waals surface area (Å²) >= 11 is 1.27. The molecule has 0 aliphatic carbocycles. The zero-order valence-corrected chi connectivity index (χ0v) is 11.7. The maximum atomic E-state index is 8.81. The molecule has 0 fully saturated rings. The van der Waals surface area contributed by atoms with Crippen LogP contribution in [0.25, 0.3) is 10.9 Å². The van der Waals surface area contributed by atoms with Crippen molar-refractivity contribution in [2.24, 2.45) is 5.73 Å². The van der Waals surface area contributed by atoms with E-state index in [1.165, 1.54) is 11.8 Å². The molecule has 0 atom stereocenters. The van der Waals surface area contributed by atoms with E-state index in [4.69, 9.17) is 16.4 Å². The summed E-state index contributed by atoms with van der Waals surface area (Å²) in [4.78, 5) is 4.37. The van der Waals surface area contributed by atoms with Gasteiger partial charge in [0, 0.05) is 17.3 Å². The molecule has 0 aliphatic rings. The molecule has 98 valence electrons. The molecule has 0 spiro atoms. The van der Waals surface area contributed by atoms with Crippen LogP contribution >= 0.6 is 24.2 Å². The van der Waals surface area contributed by atoms with Crippen LogP contribution in [0.2, 0.25) is 0 Å². The lowest BCUT2D eigenvalue weighted by molar-refractivity contribution is 1.26. The van der Waals surface area contributed by atoms with Crippen molar-refractivity contribution in [3.8, 4) is 6.07 Å². The number of amidine groups is 1. The zero-order valence-electron chi connectivity index (χ0n) is 10.1. The van der Waals surface area contributed by atoms with Crippen molar-refractivity contribution >= 4 is 40.2 Å². The molecule has 6 heteroatoms. The molecular weight excluding hydrogens is 280 g/mol. The second-order valence-electron chi connectivity index (χ2n) is 3.77. The molecule has 3 N–H and O–H groups in total. The Morgan fingerprint density at radius 3 is 2.79 bits per heavy atom. The lowest BCUT2D eigenvalue weighted by Gasteiger charge is -2.08. The first-order valence-corrected chi connectivity index (χ1v) is 6.40. The second kappa shape index (κ2) is 6.98. The SMILES string of the molecule is Cl.N#CCc1ccc(CSC(=N)N)c2ncccc12. The lowest BCUT2D eigenvalue weighted by Crippen LogP contribution is -2.04. The predicted octanol–water partition coefficient (Wildman–Crippen LogP) is 2.85. The summed E-state index contributed by atoms with van der Waals surface area (Å²) in [7, 11) is 0. The highest BCUT2D eigenvalue weighted by molar-refractivity contribution is 8.13. The molecule has 1 aromatic heterocycles. The summed E-state index contributed by atoms with van der Waals surface area (Å²) in [5.74, 6) is 0.621. The molecule has 4 nitrogen and oxygen atoms in total. The van der Waals surface area contributed by atoms with Crippen LogP contribution in [0.4, 0.5) is 0 Å². The number of hydrogen-bond donors (Lipinski definition) is 2. The van der Waals surface area contributed by atoms with Gasteiger partial charge in [-0.2, -0.15) is 5.26 Å². The number of nitrogens with zero attached hydrogens (tertiary/aromatic N) is 2. The molecule has 2 aromatic rings. The van der Waals surface area contributed by atoms with Crippen molar-refractivity contribution in [3.05, 3.63) is 41.6 Å². The number of pyridine rings is 1. The Balaban J connectivity index is 0.00000180. The first-order valence-electron chi connectivity index (χ1n) is 5.41. The third-order valence-corrected chi connectivity index (χ3v) is 3.36. The number of nitrogens with one attached hydrogen (secondary N) is 1. The Labute approximate surface area is 121 Å². The van der Waals surface area contributed by atoms with Crippen LogP contribution in [-0.2, 0) is 12.2 Å². The summed E-state index contributed by atoms with van der Waals surface area (Å²) in [5.41, 5.74) is 8.25. The van der Waals surface area contributed by atoms with Crippen LogP contribution in [0.1, 0.15) is 11.1 Å². The number of aromatic nitrogens is 1. The van der Waals surface area contributed by atoms with E-state index in [1.54, 1.807) is 6.20 Å². The molecule has 0 saturated heterocycles. The fourth-order valence-corrected chi connectivity index (χ4v) is 2.35. The average molecular weight is 293 g/mol. The van der Waals surface area contributed by atoms with Crippen molar-refractivity contribution in [1.29, 1.82) is 10.7 Å². The number of fused-ring (bicyclic) bond motifs is 1. The number of hydrogen-bond acceptors (Lipinski definition) is 4. The zero-order chi connectivity index (χ0) is 13.0. The molecule has 0 radical (unpaired) electrons. The largest absolute Gasteiger partial charge is 0.379 e. The van der Waals surface area contributed by atoms with E-state index < -0.39 is 0 Å². The van der Waals surface area contributed by atoms with E-state index in [1.807, 2.05) is 24.3 Å². The van der Waals surface area contributed by atoms with Crippen molar-refractivity contribution in [2.45, 2.75) is 12.2 Å². The molecule has 0 bridgehead atoms. The minimum absolute atomic E-state index is 0. The summed E-state index contributed by atoms with van der Waals surface area (Å²) < 4.78 is 0. The van der Waals surface area contributed by atoms with Gasteiger partial charge >= 0.3 is 0 Å². The molecular formula is C13H13ClN4S. The van der Waals surface area contributed by atoms with Crippen molar-refractivity contribution < 1.29 is 0 Å². The first-order chi connectivity index (χ1) is 8.72. The third-order valence-electron chi connectivity index (χ3n) is 2.60. The number of nitriles is 1. The number of benzene rings is 1. The standard InChI is InChI=1S/C13H12N4S.ClH/c14-6-5-9-3-4-10(8-18-13(15)16)12-11(9)2-1-7-17-12;/h1-4,7H,5,8H2,(H3,15,16);1H. The highest BCUT2D eigenvalue weighted by Crippen LogP contribution is 2.24. The fourth-order valence-electron chi connectivity index (χ4n) is 1.80. The predicted molar refractivity (Wildman–Crippen MR) is 81.5 cm³/mol. The van der Waals surface area contributed by atoms with Crippen molar-refractivity contribution in [3.63, 3.8) is 0 Å². The summed E-state index contributed by atoms with van der Waals surface area (Å²) in [6.07, 6.45) is 2.11. The molecule has 1 aromatic carbocycles. The monoisotopic (exact) mass is 292 g/mol. The topological polar surface area (TPSA) is 86.5 Å². The van der Waals surface area contributed by atoms with Gasteiger partial charge in [-0.15, -0.1) is 12.4 Å². The van der Waals surface area contributed by atoms with E-state index in [-0.39, 0.29) is 17.6 Å². The highest BCUT2D eigenvalue weighted by atomic mass is 35.5. The van der Waals surface area contributed by atoms with Gasteiger partial charge in [-0.3, -0.25) is 10.4 Å². The average Bonchev–Trinajstić information content (AvgIpc) is 2.38. The molecule has 0 saturated carbocycles. The van der Waals surface area contributed by atoms with Crippen LogP contribution in [0, 0.1) is 16.7 Å². The van der Waals surface area contributed by atoms with Gasteiger partial charge < -0.3 is 5.73 Å². The Morgan fingerprint density at radius 2 is 2.11 bits per heavy atom. The van der Waals surface area contributed by atoms with E-state index >= 15 is 0 Å². The van der Waals surface area contributed by atoms with Gasteiger partial charge in [0.25, 0.3) is 0 Å². The quantitative estimate of drug-likeness (QED) is 0.673. The molecule has 2 rings (SSSR count). The number of rotatable bonds is 3. The van der Waals surface area contributed by atoms with Gasteiger partial charge in [0.15, 0.2) is 5.17 Å². The summed E-state index contributed by atoms with van der Waals surface area (Å²) in [5, 5.41) is 17.1. The van der Waals surface area contributed by atoms with Gasteiger partial charge in [0.1, 0.15) is 0 Å². The van der Waals surface area contributed by atoms with E-state index in [0.29, 0.717) is 12.2 Å². The van der Waals surface area contributed by atoms with Crippen LogP contribution < -0.4 is 5.73 Å². The molecule has 1 heterocycles. The van der Waals surface area contributed by atoms with Gasteiger partial charge in [-0.05, 0) is 17.2 Å². The minimum Gasteiger partial charge on any atom is -0.379 e. The number of thioether (sulfide) groups is 1. The summed E-state index contributed by atoms with van der Waals surface area (Å²) in [6.45, 7) is 0. The van der Waals surface area contributed by atoms with Gasteiger partial charge in [-0.1, -0.05) is 30.0 Å². The smallest absolute Gasteiger partial charge is 0.151 e. The van der Waals surface area contributed by atoms with Crippen LogP contribution in [0.3, 0.4) is 0 Å². The third kappa shape index (κ3) is 3.60. The van der Waals surface area contributed by atoms with E-state index in [0.717, 1.165) is 22.0 Å². The molecule has 0 unspecified atom stereocenters. The maximum Gasteiger partial charge on any atom is 0.151 e. The van der Waals surface area contributed by atoms with Crippen molar-refractivity contribution in [2.75, 3.05) is 0 Å². The highest BCUT2D eigenvalue weighted by Gasteiger charge is 2.07. The second-order valence-corrected chi connectivity index (χ2v) is 4.79. The first kappa shape index (κ1) is 15.3. The molecule has 0 aliphatic heterocycles. The molecule has 19 heavy (non-hydrogen) atoms. The fraction of sp³-hybridized carbons (Fsp3) is 0.154. The Kier molecular flexibility index (Phi) is 5.61. The van der Waals surface area contributed by atoms with Gasteiger partial charge in [0.2, 0.25) is 0 Å². The van der Waals surface area contributed by atoms with Crippen LogP contribution in [0.15, 0.2) is 30.5 Å². The van der Waals surface area contributed by atoms with Gasteiger partial charge in [0.05, 0.1) is 18.0 Å². The Hall–Kier alpha value is -1.77.